The average Bonchev–Trinajstić information content (AvgIpc) is 3.41. The van der Waals surface area contributed by atoms with Gasteiger partial charge in [0, 0.05) is 18.3 Å². The standard InChI is InChI=1S/C37H62N6O6/c1-9-11-13-14-16-19-26-25-27-21-22-29-30(28(20-15-12-10-2)40-33(39-26)43(27)29)31(44)47-24-18-17-23-38-32(41-34(45)48-36(3,4)5)42-35(46)49-37(6,7)8/h13-14,26-27,29H,9-12,15-25H2,1-8H3,(H,39,40)(H2,38,41,42,45,46)/b14-13-/t26-,27+,29-/m0/s1. The number of guanidine groups is 2. The lowest BCUT2D eigenvalue weighted by Gasteiger charge is -2.43. The molecule has 3 aliphatic heterocycles. The number of ether oxygens (including phenoxy) is 3. The molecule has 0 unspecified atom stereocenters. The number of aliphatic imine (C=N–C) groups is 2. The number of amides is 2. The normalized spacial score (nSPS) is 20.3. The van der Waals surface area contributed by atoms with Gasteiger partial charge in [0.15, 0.2) is 5.96 Å². The predicted octanol–water partition coefficient (Wildman–Crippen LogP) is 7.25. The van der Waals surface area contributed by atoms with E-state index in [1.165, 1.54) is 6.42 Å². The van der Waals surface area contributed by atoms with Crippen LogP contribution in [-0.4, -0.2) is 77.5 Å². The number of carbonyl (C=O) groups is 3. The topological polar surface area (TPSA) is 143 Å². The van der Waals surface area contributed by atoms with Gasteiger partial charge < -0.3 is 24.4 Å². The summed E-state index contributed by atoms with van der Waals surface area (Å²) in [6.45, 7) is 15.4. The molecule has 3 aliphatic rings. The second-order valence-electron chi connectivity index (χ2n) is 15.1. The molecule has 2 amide bonds. The molecule has 0 aromatic carbocycles. The Kier molecular flexibility index (Phi) is 15.4. The molecule has 3 heterocycles. The molecule has 0 spiro atoms. The van der Waals surface area contributed by atoms with Gasteiger partial charge in [-0.15, -0.1) is 0 Å². The van der Waals surface area contributed by atoms with Crippen molar-refractivity contribution in [3.05, 3.63) is 23.4 Å². The number of esters is 1. The molecule has 3 N–H and O–H groups in total. The van der Waals surface area contributed by atoms with Crippen LogP contribution in [0.3, 0.4) is 0 Å². The van der Waals surface area contributed by atoms with Crippen LogP contribution in [0, 0.1) is 0 Å². The second-order valence-corrected chi connectivity index (χ2v) is 15.1. The lowest BCUT2D eigenvalue weighted by Crippen LogP contribution is -2.57. The van der Waals surface area contributed by atoms with E-state index < -0.39 is 23.4 Å². The highest BCUT2D eigenvalue weighted by atomic mass is 16.6. The molecule has 0 saturated carbocycles. The van der Waals surface area contributed by atoms with Crippen LogP contribution in [0.2, 0.25) is 0 Å². The monoisotopic (exact) mass is 686 g/mol. The average molecular weight is 687 g/mol. The summed E-state index contributed by atoms with van der Waals surface area (Å²) in [6.07, 6.45) is 15.6. The molecular weight excluding hydrogens is 624 g/mol. The Morgan fingerprint density at radius 3 is 2.22 bits per heavy atom. The summed E-state index contributed by atoms with van der Waals surface area (Å²) in [5.41, 5.74) is 0.264. The molecule has 3 rings (SSSR count). The van der Waals surface area contributed by atoms with Gasteiger partial charge in [-0.3, -0.25) is 15.6 Å². The molecule has 0 aromatic rings. The largest absolute Gasteiger partial charge is 0.462 e. The molecule has 12 nitrogen and oxygen atoms in total. The van der Waals surface area contributed by atoms with Gasteiger partial charge in [0.2, 0.25) is 5.96 Å². The fourth-order valence-electron chi connectivity index (χ4n) is 6.26. The third-order valence-corrected chi connectivity index (χ3v) is 8.35. The van der Waals surface area contributed by atoms with Gasteiger partial charge >= 0.3 is 18.2 Å². The fourth-order valence-corrected chi connectivity index (χ4v) is 6.26. The van der Waals surface area contributed by atoms with Crippen LogP contribution in [0.1, 0.15) is 139 Å². The van der Waals surface area contributed by atoms with Crippen molar-refractivity contribution in [2.75, 3.05) is 13.2 Å². The Morgan fingerprint density at radius 2 is 1.59 bits per heavy atom. The number of unbranched alkanes of at least 4 members (excludes halogenated alkanes) is 4. The molecule has 1 fully saturated rings. The van der Waals surface area contributed by atoms with Crippen LogP contribution in [0.5, 0.6) is 0 Å². The van der Waals surface area contributed by atoms with E-state index in [0.29, 0.717) is 24.9 Å². The van der Waals surface area contributed by atoms with Crippen LogP contribution in [0.4, 0.5) is 9.59 Å². The van der Waals surface area contributed by atoms with Crippen LogP contribution in [0.15, 0.2) is 33.4 Å². The van der Waals surface area contributed by atoms with Gasteiger partial charge in [0.1, 0.15) is 11.2 Å². The van der Waals surface area contributed by atoms with Crippen molar-refractivity contribution >= 4 is 30.1 Å². The summed E-state index contributed by atoms with van der Waals surface area (Å²) in [7, 11) is 0. The Balaban J connectivity index is 1.61. The number of rotatable bonds is 15. The first-order valence-corrected chi connectivity index (χ1v) is 18.4. The Morgan fingerprint density at radius 1 is 0.918 bits per heavy atom. The van der Waals surface area contributed by atoms with Crippen LogP contribution < -0.4 is 16.0 Å². The molecule has 0 bridgehead atoms. The molecule has 49 heavy (non-hydrogen) atoms. The highest BCUT2D eigenvalue weighted by Gasteiger charge is 2.47. The maximum atomic E-state index is 13.7. The maximum absolute atomic E-state index is 13.7. The SMILES string of the molecule is CCC/C=C\CC[C@H]1C[C@H]2CC[C@H]3C(C(=O)OCCCCN=C(NC(=O)OC(C)(C)C)NC(=O)OC(C)(C)C)=C(CCCCC)NC(=N1)N23. The summed E-state index contributed by atoms with van der Waals surface area (Å²) in [5, 5.41) is 8.57. The zero-order valence-electron chi connectivity index (χ0n) is 31.3. The highest BCUT2D eigenvalue weighted by Crippen LogP contribution is 2.39. The number of nitrogens with one attached hydrogen (secondary N) is 3. The van der Waals surface area contributed by atoms with Crippen molar-refractivity contribution in [3.8, 4) is 0 Å². The lowest BCUT2D eigenvalue weighted by atomic mass is 9.96. The first kappa shape index (κ1) is 39.9. The molecule has 3 atom stereocenters. The van der Waals surface area contributed by atoms with Crippen molar-refractivity contribution in [2.24, 2.45) is 9.98 Å². The molecular formula is C37H62N6O6. The summed E-state index contributed by atoms with van der Waals surface area (Å²) in [6, 6.07) is 0.663. The number of allylic oxidation sites excluding steroid dienone is 3. The fraction of sp³-hybridized carbons (Fsp3) is 0.757. The molecule has 12 heteroatoms. The quantitative estimate of drug-likeness (QED) is 0.0408. The predicted molar refractivity (Wildman–Crippen MR) is 193 cm³/mol. The maximum Gasteiger partial charge on any atom is 0.414 e. The smallest absolute Gasteiger partial charge is 0.414 e. The van der Waals surface area contributed by atoms with Crippen molar-refractivity contribution in [1.29, 1.82) is 0 Å². The first-order valence-electron chi connectivity index (χ1n) is 18.4. The zero-order chi connectivity index (χ0) is 36.0. The number of carbonyl (C=O) groups excluding carboxylic acids is 3. The van der Waals surface area contributed by atoms with E-state index in [4.69, 9.17) is 19.2 Å². The second kappa shape index (κ2) is 19.0. The van der Waals surface area contributed by atoms with E-state index in [1.807, 2.05) is 0 Å². The first-order chi connectivity index (χ1) is 23.2. The van der Waals surface area contributed by atoms with Crippen molar-refractivity contribution in [2.45, 2.75) is 168 Å². The van der Waals surface area contributed by atoms with E-state index in [1.54, 1.807) is 41.5 Å². The minimum absolute atomic E-state index is 0.00968. The summed E-state index contributed by atoms with van der Waals surface area (Å²) in [4.78, 5) is 50.2. The minimum atomic E-state index is -0.744. The lowest BCUT2D eigenvalue weighted by molar-refractivity contribution is -0.140. The van der Waals surface area contributed by atoms with E-state index in [-0.39, 0.29) is 31.1 Å². The molecule has 0 aromatic heterocycles. The van der Waals surface area contributed by atoms with Crippen LogP contribution in [0.25, 0.3) is 0 Å². The summed E-state index contributed by atoms with van der Waals surface area (Å²) < 4.78 is 16.5. The summed E-state index contributed by atoms with van der Waals surface area (Å²) >= 11 is 0. The number of nitrogens with zero attached hydrogens (tertiary/aromatic N) is 3. The van der Waals surface area contributed by atoms with E-state index in [0.717, 1.165) is 81.4 Å². The Hall–Kier alpha value is -3.57. The minimum Gasteiger partial charge on any atom is -0.462 e. The molecule has 1 saturated heterocycles. The zero-order valence-corrected chi connectivity index (χ0v) is 31.3. The Bertz CT molecular complexity index is 1210. The van der Waals surface area contributed by atoms with Gasteiger partial charge in [-0.2, -0.15) is 0 Å². The third kappa shape index (κ3) is 13.7. The van der Waals surface area contributed by atoms with Crippen LogP contribution >= 0.6 is 0 Å². The van der Waals surface area contributed by atoms with Crippen LogP contribution in [-0.2, 0) is 19.0 Å². The van der Waals surface area contributed by atoms with E-state index >= 15 is 0 Å². The van der Waals surface area contributed by atoms with Crippen molar-refractivity contribution in [3.63, 3.8) is 0 Å². The van der Waals surface area contributed by atoms with Gasteiger partial charge in [0.25, 0.3) is 0 Å². The van der Waals surface area contributed by atoms with Gasteiger partial charge in [-0.1, -0.05) is 45.3 Å². The molecule has 0 aliphatic carbocycles. The molecule has 0 radical (unpaired) electrons. The van der Waals surface area contributed by atoms with Gasteiger partial charge in [-0.05, 0) is 106 Å². The third-order valence-electron chi connectivity index (χ3n) is 8.35. The van der Waals surface area contributed by atoms with E-state index in [9.17, 15) is 14.4 Å². The Labute approximate surface area is 294 Å². The van der Waals surface area contributed by atoms with E-state index in [2.05, 4.69) is 51.8 Å². The number of hydrogen-bond donors (Lipinski definition) is 3. The van der Waals surface area contributed by atoms with Crippen molar-refractivity contribution in [1.82, 2.24) is 20.9 Å². The number of alkyl carbamates (subject to hydrolysis) is 2. The number of hydrogen-bond acceptors (Lipinski definition) is 10. The highest BCUT2D eigenvalue weighted by molar-refractivity contribution is 6.01. The molecule has 276 valence electrons. The van der Waals surface area contributed by atoms with Gasteiger partial charge in [-0.25, -0.2) is 19.4 Å². The summed E-state index contributed by atoms with van der Waals surface area (Å²) in [5.74, 6) is 0.591. The van der Waals surface area contributed by atoms with Crippen molar-refractivity contribution < 1.29 is 28.6 Å². The van der Waals surface area contributed by atoms with Gasteiger partial charge in [0.05, 0.1) is 24.3 Å².